The zero-order chi connectivity index (χ0) is 39.3. The van der Waals surface area contributed by atoms with Crippen LogP contribution in [0.25, 0.3) is 0 Å². The number of allylic oxidation sites excluding steroid dienone is 10. The molecule has 0 saturated carbocycles. The fourth-order valence-corrected chi connectivity index (χ4v) is 6.41. The second-order valence-corrected chi connectivity index (χ2v) is 15.1. The van der Waals surface area contributed by atoms with Gasteiger partial charge in [-0.1, -0.05) is 209 Å². The van der Waals surface area contributed by atoms with E-state index in [0.29, 0.717) is 12.8 Å². The van der Waals surface area contributed by atoms with Crippen LogP contribution < -0.4 is 0 Å². The topological polar surface area (TPSA) is 72.8 Å². The first-order valence-corrected chi connectivity index (χ1v) is 22.8. The molecular formula is C49H86O5. The first-order chi connectivity index (χ1) is 26.6. The Balaban J connectivity index is 3.43. The maximum absolute atomic E-state index is 12.2. The standard InChI is InChI=1S/C49H86O5/c1-3-5-7-9-11-12-13-14-15-16-17-18-19-20-21-22-23-24-25-26-27-28-29-30-31-32-33-34-35-36-38-40-42-44-49(52)54-47(45-50)46-53-48(51)43-41-39-37-10-8-6-4-2/h5,7,11-12,14-15,17-18,20-21,47,50H,3-4,6,8-10,13,16,19,22-46H2,1-2H3/b7-5-,12-11-,15-14-,18-17-,21-20-. The van der Waals surface area contributed by atoms with Gasteiger partial charge in [0.25, 0.3) is 0 Å². The molecule has 0 fully saturated rings. The summed E-state index contributed by atoms with van der Waals surface area (Å²) in [5, 5.41) is 9.52. The average Bonchev–Trinajstić information content (AvgIpc) is 3.17. The molecule has 0 aromatic heterocycles. The number of aliphatic hydroxyl groups excluding tert-OH is 1. The van der Waals surface area contributed by atoms with Gasteiger partial charge in [0, 0.05) is 12.8 Å². The Morgan fingerprint density at radius 2 is 0.796 bits per heavy atom. The predicted molar refractivity (Wildman–Crippen MR) is 233 cm³/mol. The van der Waals surface area contributed by atoms with Crippen LogP contribution in [0.5, 0.6) is 0 Å². The van der Waals surface area contributed by atoms with E-state index in [1.807, 2.05) is 0 Å². The van der Waals surface area contributed by atoms with E-state index in [1.165, 1.54) is 122 Å². The van der Waals surface area contributed by atoms with Crippen LogP contribution in [0.3, 0.4) is 0 Å². The van der Waals surface area contributed by atoms with Crippen LogP contribution >= 0.6 is 0 Å². The Hall–Kier alpha value is -2.40. The summed E-state index contributed by atoms with van der Waals surface area (Å²) in [4.78, 5) is 24.1. The van der Waals surface area contributed by atoms with Gasteiger partial charge in [-0.05, 0) is 57.8 Å². The normalized spacial score (nSPS) is 12.7. The van der Waals surface area contributed by atoms with Crippen molar-refractivity contribution in [3.8, 4) is 0 Å². The first-order valence-electron chi connectivity index (χ1n) is 22.8. The highest BCUT2D eigenvalue weighted by molar-refractivity contribution is 5.70. The van der Waals surface area contributed by atoms with Crippen molar-refractivity contribution in [1.82, 2.24) is 0 Å². The summed E-state index contributed by atoms with van der Waals surface area (Å²) in [5.74, 6) is -0.593. The quantitative estimate of drug-likeness (QED) is 0.0382. The largest absolute Gasteiger partial charge is 0.462 e. The highest BCUT2D eigenvalue weighted by atomic mass is 16.6. The van der Waals surface area contributed by atoms with Gasteiger partial charge in [-0.3, -0.25) is 9.59 Å². The predicted octanol–water partition coefficient (Wildman–Crippen LogP) is 14.7. The minimum absolute atomic E-state index is 0.0640. The van der Waals surface area contributed by atoms with Crippen molar-refractivity contribution in [2.75, 3.05) is 13.2 Å². The number of ether oxygens (including phenoxy) is 2. The third-order valence-corrected chi connectivity index (χ3v) is 9.83. The van der Waals surface area contributed by atoms with E-state index in [4.69, 9.17) is 9.47 Å². The van der Waals surface area contributed by atoms with E-state index in [0.717, 1.165) is 70.6 Å². The molecule has 0 radical (unpaired) electrons. The lowest BCUT2D eigenvalue weighted by molar-refractivity contribution is -0.161. The van der Waals surface area contributed by atoms with E-state index < -0.39 is 6.10 Å². The Morgan fingerprint density at radius 3 is 1.20 bits per heavy atom. The number of rotatable bonds is 41. The van der Waals surface area contributed by atoms with Gasteiger partial charge < -0.3 is 14.6 Å². The van der Waals surface area contributed by atoms with Crippen molar-refractivity contribution in [2.24, 2.45) is 0 Å². The molecule has 0 aromatic rings. The molecule has 5 nitrogen and oxygen atoms in total. The number of hydrogen-bond acceptors (Lipinski definition) is 5. The minimum atomic E-state index is -0.767. The van der Waals surface area contributed by atoms with Gasteiger partial charge in [-0.2, -0.15) is 0 Å². The zero-order valence-electron chi connectivity index (χ0n) is 35.5. The number of unbranched alkanes of at least 4 members (excludes halogenated alkanes) is 23. The molecule has 0 rings (SSSR count). The first kappa shape index (κ1) is 51.6. The fraction of sp³-hybridized carbons (Fsp3) is 0.755. The van der Waals surface area contributed by atoms with Gasteiger partial charge in [0.2, 0.25) is 0 Å². The second kappa shape index (κ2) is 45.0. The molecule has 1 unspecified atom stereocenters. The molecule has 0 aliphatic carbocycles. The molecule has 0 aliphatic heterocycles. The molecule has 1 N–H and O–H groups in total. The third kappa shape index (κ3) is 42.3. The van der Waals surface area contributed by atoms with Crippen LogP contribution in [0.4, 0.5) is 0 Å². The Morgan fingerprint density at radius 1 is 0.444 bits per heavy atom. The molecule has 0 aliphatic rings. The Kier molecular flexibility index (Phi) is 43.0. The SMILES string of the molecule is CC/C=C\C/C=C\C/C=C\C/C=C\C/C=C\CCCCCCCCCCCCCCCCCCCC(=O)OC(CO)COC(=O)CCCCCCCCC. The highest BCUT2D eigenvalue weighted by Gasteiger charge is 2.16. The van der Waals surface area contributed by atoms with Crippen molar-refractivity contribution >= 4 is 11.9 Å². The van der Waals surface area contributed by atoms with Crippen LogP contribution in [0.2, 0.25) is 0 Å². The molecule has 0 amide bonds. The van der Waals surface area contributed by atoms with Crippen molar-refractivity contribution in [2.45, 2.75) is 225 Å². The molecule has 0 heterocycles. The Labute approximate surface area is 334 Å². The molecule has 312 valence electrons. The van der Waals surface area contributed by atoms with Gasteiger partial charge in [0.1, 0.15) is 6.61 Å². The summed E-state index contributed by atoms with van der Waals surface area (Å²) in [6.45, 7) is 3.98. The number of hydrogen-bond donors (Lipinski definition) is 1. The smallest absolute Gasteiger partial charge is 0.306 e. The van der Waals surface area contributed by atoms with E-state index >= 15 is 0 Å². The van der Waals surface area contributed by atoms with Gasteiger partial charge in [-0.25, -0.2) is 0 Å². The maximum Gasteiger partial charge on any atom is 0.306 e. The fourth-order valence-electron chi connectivity index (χ4n) is 6.41. The van der Waals surface area contributed by atoms with E-state index in [9.17, 15) is 14.7 Å². The van der Waals surface area contributed by atoms with Gasteiger partial charge >= 0.3 is 11.9 Å². The third-order valence-electron chi connectivity index (χ3n) is 9.83. The van der Waals surface area contributed by atoms with Crippen LogP contribution in [-0.4, -0.2) is 36.4 Å². The Bertz CT molecular complexity index is 946. The lowest BCUT2D eigenvalue weighted by atomic mass is 10.0. The lowest BCUT2D eigenvalue weighted by Gasteiger charge is -2.15. The van der Waals surface area contributed by atoms with E-state index in [2.05, 4.69) is 74.6 Å². The molecule has 0 spiro atoms. The van der Waals surface area contributed by atoms with Crippen LogP contribution in [0.15, 0.2) is 60.8 Å². The number of carbonyl (C=O) groups excluding carboxylic acids is 2. The molecular weight excluding hydrogens is 669 g/mol. The van der Waals surface area contributed by atoms with E-state index in [-0.39, 0.29) is 25.2 Å². The summed E-state index contributed by atoms with van der Waals surface area (Å²) in [5.41, 5.74) is 0. The van der Waals surface area contributed by atoms with Gasteiger partial charge in [0.15, 0.2) is 6.10 Å². The van der Waals surface area contributed by atoms with Crippen molar-refractivity contribution in [3.05, 3.63) is 60.8 Å². The maximum atomic E-state index is 12.2. The average molecular weight is 755 g/mol. The molecule has 1 atom stereocenters. The second-order valence-electron chi connectivity index (χ2n) is 15.1. The van der Waals surface area contributed by atoms with Crippen LogP contribution in [0, 0.1) is 0 Å². The van der Waals surface area contributed by atoms with Crippen molar-refractivity contribution in [1.29, 1.82) is 0 Å². The van der Waals surface area contributed by atoms with Crippen LogP contribution in [-0.2, 0) is 19.1 Å². The summed E-state index contributed by atoms with van der Waals surface area (Å²) >= 11 is 0. The number of esters is 2. The number of aliphatic hydroxyl groups is 1. The van der Waals surface area contributed by atoms with Gasteiger partial charge in [0.05, 0.1) is 6.61 Å². The summed E-state index contributed by atoms with van der Waals surface area (Å²) in [6, 6.07) is 0. The van der Waals surface area contributed by atoms with Crippen molar-refractivity contribution in [3.63, 3.8) is 0 Å². The summed E-state index contributed by atoms with van der Waals surface area (Å²) in [6.07, 6.45) is 59.1. The summed E-state index contributed by atoms with van der Waals surface area (Å²) < 4.78 is 10.6. The van der Waals surface area contributed by atoms with Crippen molar-refractivity contribution < 1.29 is 24.2 Å². The minimum Gasteiger partial charge on any atom is -0.462 e. The zero-order valence-corrected chi connectivity index (χ0v) is 35.5. The molecule has 5 heteroatoms. The molecule has 54 heavy (non-hydrogen) atoms. The molecule has 0 aromatic carbocycles. The van der Waals surface area contributed by atoms with E-state index in [1.54, 1.807) is 0 Å². The molecule has 0 bridgehead atoms. The molecule has 0 saturated heterocycles. The summed E-state index contributed by atoms with van der Waals surface area (Å²) in [7, 11) is 0. The number of carbonyl (C=O) groups is 2. The highest BCUT2D eigenvalue weighted by Crippen LogP contribution is 2.15. The van der Waals surface area contributed by atoms with Crippen LogP contribution in [0.1, 0.15) is 219 Å². The monoisotopic (exact) mass is 755 g/mol. The lowest BCUT2D eigenvalue weighted by Crippen LogP contribution is -2.28. The van der Waals surface area contributed by atoms with Gasteiger partial charge in [-0.15, -0.1) is 0 Å².